The first-order valence-corrected chi connectivity index (χ1v) is 13.5. The van der Waals surface area contributed by atoms with Crippen LogP contribution in [0.5, 0.6) is 11.5 Å². The van der Waals surface area contributed by atoms with Crippen LogP contribution in [-0.2, 0) is 16.0 Å². The third kappa shape index (κ3) is 5.93. The predicted molar refractivity (Wildman–Crippen MR) is 153 cm³/mol. The molecule has 1 aromatic heterocycles. The summed E-state index contributed by atoms with van der Waals surface area (Å²) in [7, 11) is 3.21. The first-order chi connectivity index (χ1) is 19.1. The van der Waals surface area contributed by atoms with Gasteiger partial charge < -0.3 is 19.8 Å². The highest BCUT2D eigenvalue weighted by molar-refractivity contribution is 6.03. The summed E-state index contributed by atoms with van der Waals surface area (Å²) in [5.74, 6) is 1.00. The van der Waals surface area contributed by atoms with Gasteiger partial charge in [-0.05, 0) is 66.4 Å². The number of ether oxygens (including phenoxy) is 2. The van der Waals surface area contributed by atoms with Crippen molar-refractivity contribution < 1.29 is 19.1 Å². The van der Waals surface area contributed by atoms with Gasteiger partial charge in [-0.1, -0.05) is 49.6 Å². The zero-order valence-corrected chi connectivity index (χ0v) is 22.5. The minimum absolute atomic E-state index is 0.105. The van der Waals surface area contributed by atoms with Gasteiger partial charge in [0.15, 0.2) is 0 Å². The molecule has 0 unspecified atom stereocenters. The monoisotopic (exact) mass is 525 g/mol. The number of benzene rings is 3. The van der Waals surface area contributed by atoms with Crippen molar-refractivity contribution in [1.82, 2.24) is 10.3 Å². The smallest absolute Gasteiger partial charge is 0.248 e. The van der Waals surface area contributed by atoms with Crippen molar-refractivity contribution in [2.75, 3.05) is 19.1 Å². The molecular formula is C32H35N3O4. The summed E-state index contributed by atoms with van der Waals surface area (Å²) in [6.07, 6.45) is 7.30. The third-order valence-electron chi connectivity index (χ3n) is 7.53. The lowest BCUT2D eigenvalue weighted by Crippen LogP contribution is -2.47. The first-order valence-electron chi connectivity index (χ1n) is 13.5. The maximum absolute atomic E-state index is 14.2. The molecule has 2 N–H and O–H groups in total. The van der Waals surface area contributed by atoms with Gasteiger partial charge in [-0.3, -0.25) is 14.5 Å². The number of para-hydroxylation sites is 1. The number of nitrogens with zero attached hydrogens (tertiary/aromatic N) is 1. The Hall–Kier alpha value is -4.26. The highest BCUT2D eigenvalue weighted by Gasteiger charge is 2.34. The van der Waals surface area contributed by atoms with Gasteiger partial charge in [0.25, 0.3) is 0 Å². The molecule has 1 aliphatic rings. The van der Waals surface area contributed by atoms with Crippen molar-refractivity contribution in [2.45, 2.75) is 50.6 Å². The highest BCUT2D eigenvalue weighted by atomic mass is 16.5. The lowest BCUT2D eigenvalue weighted by molar-refractivity contribution is -0.127. The zero-order valence-electron chi connectivity index (χ0n) is 22.5. The molecule has 0 radical (unpaired) electrons. The first kappa shape index (κ1) is 26.4. The van der Waals surface area contributed by atoms with E-state index < -0.39 is 6.04 Å². The van der Waals surface area contributed by atoms with E-state index in [0.29, 0.717) is 22.7 Å². The molecule has 1 atom stereocenters. The van der Waals surface area contributed by atoms with Crippen molar-refractivity contribution in [3.05, 3.63) is 90.1 Å². The number of hydrogen-bond donors (Lipinski definition) is 2. The van der Waals surface area contributed by atoms with Crippen LogP contribution in [0.3, 0.4) is 0 Å². The van der Waals surface area contributed by atoms with Crippen LogP contribution in [0.1, 0.15) is 49.3 Å². The number of anilines is 1. The fourth-order valence-corrected chi connectivity index (χ4v) is 5.44. The second-order valence-electron chi connectivity index (χ2n) is 10.0. The Kier molecular flexibility index (Phi) is 8.16. The van der Waals surface area contributed by atoms with Crippen LogP contribution in [0, 0.1) is 0 Å². The number of carbonyl (C=O) groups excluding carboxylic acids is 2. The Balaban J connectivity index is 1.56. The highest BCUT2D eigenvalue weighted by Crippen LogP contribution is 2.32. The molecule has 1 fully saturated rings. The maximum Gasteiger partial charge on any atom is 0.248 e. The van der Waals surface area contributed by atoms with Crippen LogP contribution in [0.15, 0.2) is 79.0 Å². The molecule has 39 heavy (non-hydrogen) atoms. The molecule has 1 heterocycles. The second kappa shape index (κ2) is 12.1. The topological polar surface area (TPSA) is 83.7 Å². The molecule has 1 saturated carbocycles. The van der Waals surface area contributed by atoms with Crippen LogP contribution >= 0.6 is 0 Å². The Labute approximate surface area is 229 Å². The van der Waals surface area contributed by atoms with E-state index in [1.54, 1.807) is 19.1 Å². The summed E-state index contributed by atoms with van der Waals surface area (Å²) in [4.78, 5) is 33.2. The van der Waals surface area contributed by atoms with Gasteiger partial charge in [-0.25, -0.2) is 0 Å². The number of methoxy groups -OCH3 is 2. The van der Waals surface area contributed by atoms with Crippen LogP contribution in [-0.4, -0.2) is 37.1 Å². The lowest BCUT2D eigenvalue weighted by atomic mass is 9.94. The van der Waals surface area contributed by atoms with E-state index in [2.05, 4.69) is 10.3 Å². The number of amides is 2. The van der Waals surface area contributed by atoms with Crippen LogP contribution in [0.25, 0.3) is 10.9 Å². The molecular weight excluding hydrogens is 490 g/mol. The predicted octanol–water partition coefficient (Wildman–Crippen LogP) is 5.95. The normalized spacial score (nSPS) is 14.5. The second-order valence-corrected chi connectivity index (χ2v) is 10.0. The molecule has 0 aliphatic heterocycles. The summed E-state index contributed by atoms with van der Waals surface area (Å²) in [5.41, 5.74) is 3.20. The Morgan fingerprint density at radius 3 is 2.21 bits per heavy atom. The number of aromatic amines is 1. The molecule has 0 bridgehead atoms. The van der Waals surface area contributed by atoms with E-state index in [-0.39, 0.29) is 24.3 Å². The van der Waals surface area contributed by atoms with Crippen LogP contribution in [0.2, 0.25) is 0 Å². The van der Waals surface area contributed by atoms with Crippen molar-refractivity contribution >= 4 is 28.4 Å². The van der Waals surface area contributed by atoms with Crippen LogP contribution < -0.4 is 19.7 Å². The van der Waals surface area contributed by atoms with E-state index in [0.717, 1.165) is 42.1 Å². The van der Waals surface area contributed by atoms with Gasteiger partial charge in [0.1, 0.15) is 17.5 Å². The molecule has 1 aliphatic carbocycles. The summed E-state index contributed by atoms with van der Waals surface area (Å²) >= 11 is 0. The number of rotatable bonds is 9. The standard InChI is InChI=1S/C32H35N3O4/c1-38-26-16-12-22(13-17-26)31(32(37)34-24-8-4-3-5-9-24)35(25-14-18-27(39-2)19-15-25)30(36)20-23-21-33-29-11-7-6-10-28(23)29/h6-7,10-19,21,24,31,33H,3-5,8-9,20H2,1-2H3,(H,34,37)/t31-/m0/s1. The molecule has 3 aromatic carbocycles. The molecule has 0 spiro atoms. The molecule has 2 amide bonds. The van der Waals surface area contributed by atoms with E-state index >= 15 is 0 Å². The zero-order chi connectivity index (χ0) is 27.2. The Morgan fingerprint density at radius 2 is 1.54 bits per heavy atom. The van der Waals surface area contributed by atoms with Gasteiger partial charge in [0.2, 0.25) is 11.8 Å². The summed E-state index contributed by atoms with van der Waals surface area (Å²) in [6, 6.07) is 21.8. The SMILES string of the molecule is COc1ccc([C@@H](C(=O)NC2CCCCC2)N(C(=O)Cc2c[nH]c3ccccc23)c2ccc(OC)cc2)cc1. The largest absolute Gasteiger partial charge is 0.497 e. The number of carbonyl (C=O) groups is 2. The van der Waals surface area contributed by atoms with Crippen molar-refractivity contribution in [3.63, 3.8) is 0 Å². The summed E-state index contributed by atoms with van der Waals surface area (Å²) < 4.78 is 10.7. The molecule has 202 valence electrons. The summed E-state index contributed by atoms with van der Waals surface area (Å²) in [5, 5.41) is 4.26. The fourth-order valence-electron chi connectivity index (χ4n) is 5.44. The molecule has 5 rings (SSSR count). The average Bonchev–Trinajstić information content (AvgIpc) is 3.39. The van der Waals surface area contributed by atoms with Crippen molar-refractivity contribution in [2.24, 2.45) is 0 Å². The third-order valence-corrected chi connectivity index (χ3v) is 7.53. The van der Waals surface area contributed by atoms with Crippen LogP contribution in [0.4, 0.5) is 5.69 Å². The average molecular weight is 526 g/mol. The van der Waals surface area contributed by atoms with E-state index in [1.165, 1.54) is 6.42 Å². The minimum atomic E-state index is -0.857. The van der Waals surface area contributed by atoms with Gasteiger partial charge in [-0.2, -0.15) is 0 Å². The molecule has 7 heteroatoms. The van der Waals surface area contributed by atoms with E-state index in [9.17, 15) is 9.59 Å². The lowest BCUT2D eigenvalue weighted by Gasteiger charge is -2.33. The van der Waals surface area contributed by atoms with E-state index in [4.69, 9.17) is 9.47 Å². The Morgan fingerprint density at radius 1 is 0.897 bits per heavy atom. The van der Waals surface area contributed by atoms with Gasteiger partial charge >= 0.3 is 0 Å². The number of nitrogens with one attached hydrogen (secondary N) is 2. The van der Waals surface area contributed by atoms with Crippen molar-refractivity contribution in [3.8, 4) is 11.5 Å². The fraction of sp³-hybridized carbons (Fsp3) is 0.312. The maximum atomic E-state index is 14.2. The van der Waals surface area contributed by atoms with Gasteiger partial charge in [0, 0.05) is 28.8 Å². The number of aromatic nitrogens is 1. The minimum Gasteiger partial charge on any atom is -0.497 e. The van der Waals surface area contributed by atoms with Gasteiger partial charge in [0.05, 0.1) is 20.6 Å². The molecule has 4 aromatic rings. The quantitative estimate of drug-likeness (QED) is 0.283. The molecule has 7 nitrogen and oxygen atoms in total. The van der Waals surface area contributed by atoms with E-state index in [1.807, 2.05) is 79.0 Å². The number of hydrogen-bond acceptors (Lipinski definition) is 4. The number of H-pyrrole nitrogens is 1. The Bertz CT molecular complexity index is 1410. The number of fused-ring (bicyclic) bond motifs is 1. The van der Waals surface area contributed by atoms with Crippen molar-refractivity contribution in [1.29, 1.82) is 0 Å². The molecule has 0 saturated heterocycles. The summed E-state index contributed by atoms with van der Waals surface area (Å²) in [6.45, 7) is 0. The van der Waals surface area contributed by atoms with Gasteiger partial charge in [-0.15, -0.1) is 0 Å².